The van der Waals surface area contributed by atoms with Crippen molar-refractivity contribution in [3.63, 3.8) is 0 Å². The van der Waals surface area contributed by atoms with Crippen molar-refractivity contribution in [2.75, 3.05) is 32.8 Å². The Balaban J connectivity index is 0.00000225. The van der Waals surface area contributed by atoms with Crippen LogP contribution < -0.4 is 5.32 Å². The van der Waals surface area contributed by atoms with Gasteiger partial charge in [0.2, 0.25) is 5.91 Å². The van der Waals surface area contributed by atoms with E-state index in [1.54, 1.807) is 0 Å². The van der Waals surface area contributed by atoms with Crippen LogP contribution in [0.15, 0.2) is 0 Å². The van der Waals surface area contributed by atoms with Gasteiger partial charge in [-0.05, 0) is 68.4 Å². The lowest BCUT2D eigenvalue weighted by Gasteiger charge is -2.37. The van der Waals surface area contributed by atoms with Gasteiger partial charge in [0.1, 0.15) is 6.61 Å². The molecule has 2 saturated heterocycles. The van der Waals surface area contributed by atoms with Crippen molar-refractivity contribution < 1.29 is 9.53 Å². The topological polar surface area (TPSA) is 41.6 Å². The highest BCUT2D eigenvalue weighted by Gasteiger charge is 2.34. The van der Waals surface area contributed by atoms with E-state index >= 15 is 0 Å². The number of nitrogens with one attached hydrogen (secondary N) is 1. The standard InChI is InChI=1S/C20H36N2O2.ClH/c1-14(2)18-5-4-15(3)10-19(18)24-13-20(23)22-8-6-16-11-21-12-17(16)7-9-22;/h14-19,21H,4-13H2,1-3H3;1H/t15?,16-,17+,18?,19?;. The highest BCUT2D eigenvalue weighted by atomic mass is 35.5. The molecule has 25 heavy (non-hydrogen) atoms. The molecule has 1 amide bonds. The number of nitrogens with zero attached hydrogens (tertiary/aromatic N) is 1. The van der Waals surface area contributed by atoms with Gasteiger partial charge in [0.25, 0.3) is 0 Å². The van der Waals surface area contributed by atoms with Gasteiger partial charge in [0.15, 0.2) is 0 Å². The second kappa shape index (κ2) is 9.57. The molecule has 1 N–H and O–H groups in total. The van der Waals surface area contributed by atoms with Gasteiger partial charge >= 0.3 is 0 Å². The first-order valence-electron chi connectivity index (χ1n) is 10.1. The fraction of sp³-hybridized carbons (Fsp3) is 0.950. The maximum absolute atomic E-state index is 12.7. The number of ether oxygens (including phenoxy) is 1. The molecule has 0 aromatic rings. The average Bonchev–Trinajstić information content (AvgIpc) is 2.91. The van der Waals surface area contributed by atoms with Gasteiger partial charge in [0.05, 0.1) is 6.10 Å². The summed E-state index contributed by atoms with van der Waals surface area (Å²) in [5, 5.41) is 3.50. The van der Waals surface area contributed by atoms with Crippen molar-refractivity contribution in [3.05, 3.63) is 0 Å². The van der Waals surface area contributed by atoms with E-state index in [0.29, 0.717) is 11.8 Å². The summed E-state index contributed by atoms with van der Waals surface area (Å²) in [6.45, 7) is 11.3. The van der Waals surface area contributed by atoms with Gasteiger partial charge in [-0.15, -0.1) is 12.4 Å². The molecule has 3 aliphatic rings. The number of carbonyl (C=O) groups excluding carboxylic acids is 1. The Hall–Kier alpha value is -0.320. The van der Waals surface area contributed by atoms with Gasteiger partial charge in [-0.3, -0.25) is 4.79 Å². The molecule has 0 aromatic heterocycles. The molecule has 5 atom stereocenters. The molecule has 2 heterocycles. The van der Waals surface area contributed by atoms with Gasteiger partial charge in [-0.1, -0.05) is 27.2 Å². The largest absolute Gasteiger partial charge is 0.368 e. The Bertz CT molecular complexity index is 418. The van der Waals surface area contributed by atoms with E-state index in [1.807, 2.05) is 0 Å². The number of likely N-dealkylation sites (tertiary alicyclic amines) is 1. The second-order valence-electron chi connectivity index (χ2n) is 8.81. The van der Waals surface area contributed by atoms with Crippen LogP contribution in [0, 0.1) is 29.6 Å². The minimum atomic E-state index is 0. The molecule has 4 nitrogen and oxygen atoms in total. The van der Waals surface area contributed by atoms with Crippen molar-refractivity contribution in [2.24, 2.45) is 29.6 Å². The van der Waals surface area contributed by atoms with Crippen molar-refractivity contribution in [2.45, 2.75) is 59.0 Å². The maximum atomic E-state index is 12.7. The van der Waals surface area contributed by atoms with Crippen LogP contribution in [-0.4, -0.2) is 49.7 Å². The zero-order valence-electron chi connectivity index (χ0n) is 16.2. The Morgan fingerprint density at radius 2 is 1.76 bits per heavy atom. The van der Waals surface area contributed by atoms with Gasteiger partial charge < -0.3 is 15.0 Å². The van der Waals surface area contributed by atoms with Crippen LogP contribution in [0.1, 0.15) is 52.9 Å². The minimum absolute atomic E-state index is 0. The van der Waals surface area contributed by atoms with Gasteiger partial charge in [-0.25, -0.2) is 0 Å². The maximum Gasteiger partial charge on any atom is 0.248 e. The fourth-order valence-electron chi connectivity index (χ4n) is 5.04. The Morgan fingerprint density at radius 1 is 1.12 bits per heavy atom. The van der Waals surface area contributed by atoms with Crippen LogP contribution >= 0.6 is 12.4 Å². The molecule has 0 spiro atoms. The second-order valence-corrected chi connectivity index (χ2v) is 8.81. The zero-order valence-corrected chi connectivity index (χ0v) is 17.0. The molecule has 1 aliphatic carbocycles. The third-order valence-electron chi connectivity index (χ3n) is 6.75. The lowest BCUT2D eigenvalue weighted by atomic mass is 9.75. The monoisotopic (exact) mass is 372 g/mol. The van der Waals surface area contributed by atoms with Crippen molar-refractivity contribution in [1.82, 2.24) is 10.2 Å². The highest BCUT2D eigenvalue weighted by Crippen LogP contribution is 2.35. The lowest BCUT2D eigenvalue weighted by molar-refractivity contribution is -0.141. The van der Waals surface area contributed by atoms with E-state index in [9.17, 15) is 4.79 Å². The Labute approximate surface area is 159 Å². The number of fused-ring (bicyclic) bond motifs is 1. The van der Waals surface area contributed by atoms with Crippen molar-refractivity contribution in [3.8, 4) is 0 Å². The summed E-state index contributed by atoms with van der Waals surface area (Å²) in [7, 11) is 0. The molecule has 146 valence electrons. The van der Waals surface area contributed by atoms with Crippen LogP contribution in [0.4, 0.5) is 0 Å². The summed E-state index contributed by atoms with van der Waals surface area (Å²) in [6.07, 6.45) is 6.24. The summed E-state index contributed by atoms with van der Waals surface area (Å²) in [5.41, 5.74) is 0. The third kappa shape index (κ3) is 5.33. The van der Waals surface area contributed by atoms with Crippen LogP contribution in [0.5, 0.6) is 0 Å². The first-order valence-corrected chi connectivity index (χ1v) is 10.1. The van der Waals surface area contributed by atoms with Crippen molar-refractivity contribution >= 4 is 18.3 Å². The molecule has 3 rings (SSSR count). The molecular weight excluding hydrogens is 336 g/mol. The number of rotatable bonds is 4. The number of carbonyl (C=O) groups is 1. The molecule has 0 radical (unpaired) electrons. The molecule has 0 bridgehead atoms. The number of amides is 1. The predicted octanol–water partition coefficient (Wildman–Crippen LogP) is 3.34. The SMILES string of the molecule is CC1CCC(C(C)C)C(OCC(=O)N2CC[C@@H]3CNC[C@@H]3CC2)C1.Cl. The Kier molecular flexibility index (Phi) is 8.03. The van der Waals surface area contributed by atoms with Gasteiger partial charge in [-0.2, -0.15) is 0 Å². The van der Waals surface area contributed by atoms with E-state index in [1.165, 1.54) is 12.8 Å². The molecular formula is C20H37ClN2O2. The summed E-state index contributed by atoms with van der Waals surface area (Å²) in [6, 6.07) is 0. The normalized spacial score (nSPS) is 35.8. The van der Waals surface area contributed by atoms with Crippen LogP contribution in [0.3, 0.4) is 0 Å². The molecule has 0 aromatic carbocycles. The third-order valence-corrected chi connectivity index (χ3v) is 6.75. The molecule has 1 saturated carbocycles. The lowest BCUT2D eigenvalue weighted by Crippen LogP contribution is -2.40. The van der Waals surface area contributed by atoms with Crippen LogP contribution in [-0.2, 0) is 9.53 Å². The molecule has 5 heteroatoms. The molecule has 3 fully saturated rings. The number of hydrogen-bond acceptors (Lipinski definition) is 3. The van der Waals surface area contributed by atoms with Gasteiger partial charge in [0, 0.05) is 13.1 Å². The van der Waals surface area contributed by atoms with Crippen molar-refractivity contribution in [1.29, 1.82) is 0 Å². The Morgan fingerprint density at radius 3 is 2.36 bits per heavy atom. The number of hydrogen-bond donors (Lipinski definition) is 1. The molecule has 3 unspecified atom stereocenters. The zero-order chi connectivity index (χ0) is 17.1. The first kappa shape index (κ1) is 21.0. The summed E-state index contributed by atoms with van der Waals surface area (Å²) < 4.78 is 6.17. The number of halogens is 1. The van der Waals surface area contributed by atoms with E-state index in [4.69, 9.17) is 4.74 Å². The van der Waals surface area contributed by atoms with E-state index in [-0.39, 0.29) is 31.0 Å². The minimum Gasteiger partial charge on any atom is -0.368 e. The molecule has 2 aliphatic heterocycles. The smallest absolute Gasteiger partial charge is 0.248 e. The van der Waals surface area contributed by atoms with E-state index in [2.05, 4.69) is 31.0 Å². The predicted molar refractivity (Wildman–Crippen MR) is 104 cm³/mol. The summed E-state index contributed by atoms with van der Waals surface area (Å²) >= 11 is 0. The quantitative estimate of drug-likeness (QED) is 0.822. The fourth-order valence-corrected chi connectivity index (χ4v) is 5.04. The van der Waals surface area contributed by atoms with E-state index in [0.717, 1.165) is 63.2 Å². The van der Waals surface area contributed by atoms with Crippen LogP contribution in [0.2, 0.25) is 0 Å². The first-order chi connectivity index (χ1) is 11.5. The van der Waals surface area contributed by atoms with Crippen LogP contribution in [0.25, 0.3) is 0 Å². The summed E-state index contributed by atoms with van der Waals surface area (Å²) in [4.78, 5) is 14.7. The highest BCUT2D eigenvalue weighted by molar-refractivity contribution is 5.85. The average molecular weight is 373 g/mol. The summed E-state index contributed by atoms with van der Waals surface area (Å²) in [5.74, 6) is 3.74. The van der Waals surface area contributed by atoms with E-state index < -0.39 is 0 Å².